The number of hydrogen-bond donors (Lipinski definition) is 1. The Morgan fingerprint density at radius 3 is 2.61 bits per heavy atom. The highest BCUT2D eigenvalue weighted by atomic mass is 32.2. The molecule has 2 N–H and O–H groups in total. The summed E-state index contributed by atoms with van der Waals surface area (Å²) in [7, 11) is 1.66. The summed E-state index contributed by atoms with van der Waals surface area (Å²) >= 11 is 1.09. The van der Waals surface area contributed by atoms with E-state index in [0.29, 0.717) is 10.1 Å². The quantitative estimate of drug-likeness (QED) is 0.855. The van der Waals surface area contributed by atoms with Gasteiger partial charge in [0.05, 0.1) is 5.56 Å². The highest BCUT2D eigenvalue weighted by molar-refractivity contribution is 7.99. The topological polar surface area (TPSA) is 56.7 Å². The zero-order valence-electron chi connectivity index (χ0n) is 9.27. The van der Waals surface area contributed by atoms with Gasteiger partial charge in [-0.25, -0.2) is 9.67 Å². The molecule has 96 valence electrons. The van der Waals surface area contributed by atoms with Gasteiger partial charge in [-0.15, -0.1) is 0 Å². The van der Waals surface area contributed by atoms with Gasteiger partial charge in [0.25, 0.3) is 0 Å². The molecule has 0 spiro atoms. The minimum Gasteiger partial charge on any atom is -0.398 e. The zero-order chi connectivity index (χ0) is 13.3. The Morgan fingerprint density at radius 2 is 2.06 bits per heavy atom. The zero-order valence-corrected chi connectivity index (χ0v) is 10.1. The predicted octanol–water partition coefficient (Wildman–Crippen LogP) is 2.57. The van der Waals surface area contributed by atoms with Crippen LogP contribution in [-0.2, 0) is 13.2 Å². The van der Waals surface area contributed by atoms with Crippen molar-refractivity contribution in [3.8, 4) is 0 Å². The van der Waals surface area contributed by atoms with E-state index < -0.39 is 11.7 Å². The Kier molecular flexibility index (Phi) is 3.20. The lowest BCUT2D eigenvalue weighted by Gasteiger charge is -2.11. The number of rotatable bonds is 2. The molecule has 18 heavy (non-hydrogen) atoms. The number of hydrogen-bond acceptors (Lipinski definition) is 4. The normalized spacial score (nSPS) is 11.8. The molecule has 1 aromatic heterocycles. The summed E-state index contributed by atoms with van der Waals surface area (Å²) in [6.07, 6.45) is -3.12. The van der Waals surface area contributed by atoms with Gasteiger partial charge in [-0.2, -0.15) is 18.3 Å². The van der Waals surface area contributed by atoms with E-state index in [1.54, 1.807) is 7.05 Å². The third-order valence-electron chi connectivity index (χ3n) is 2.21. The number of nitrogens with zero attached hydrogens (tertiary/aromatic N) is 3. The Labute approximate surface area is 105 Å². The fourth-order valence-electron chi connectivity index (χ4n) is 1.33. The molecule has 8 heteroatoms. The molecule has 1 heterocycles. The van der Waals surface area contributed by atoms with Crippen molar-refractivity contribution in [1.29, 1.82) is 0 Å². The summed E-state index contributed by atoms with van der Waals surface area (Å²) < 4.78 is 39.5. The average molecular weight is 274 g/mol. The van der Waals surface area contributed by atoms with Crippen LogP contribution >= 0.6 is 11.8 Å². The molecule has 0 saturated heterocycles. The average Bonchev–Trinajstić information content (AvgIpc) is 2.66. The highest BCUT2D eigenvalue weighted by Gasteiger charge is 2.33. The SMILES string of the molecule is Cn1ncnc1Sc1ccc(N)c(C(F)(F)F)c1. The molecule has 0 bridgehead atoms. The molecule has 4 nitrogen and oxygen atoms in total. The second kappa shape index (κ2) is 4.52. The molecule has 0 aliphatic heterocycles. The van der Waals surface area contributed by atoms with Gasteiger partial charge in [0.2, 0.25) is 0 Å². The van der Waals surface area contributed by atoms with Crippen LogP contribution in [0.4, 0.5) is 18.9 Å². The first-order chi connectivity index (χ1) is 8.38. The van der Waals surface area contributed by atoms with Crippen LogP contribution in [0.3, 0.4) is 0 Å². The minimum atomic E-state index is -4.46. The molecule has 0 unspecified atom stereocenters. The predicted molar refractivity (Wildman–Crippen MR) is 61.0 cm³/mol. The van der Waals surface area contributed by atoms with E-state index in [0.717, 1.165) is 17.8 Å². The summed E-state index contributed by atoms with van der Waals surface area (Å²) in [5, 5.41) is 4.35. The van der Waals surface area contributed by atoms with Gasteiger partial charge in [-0.3, -0.25) is 0 Å². The van der Waals surface area contributed by atoms with Crippen LogP contribution < -0.4 is 5.73 Å². The number of alkyl halides is 3. The maximum atomic E-state index is 12.7. The lowest BCUT2D eigenvalue weighted by atomic mass is 10.2. The van der Waals surface area contributed by atoms with E-state index in [4.69, 9.17) is 5.73 Å². The first-order valence-electron chi connectivity index (χ1n) is 4.86. The van der Waals surface area contributed by atoms with Crippen LogP contribution in [0.1, 0.15) is 5.56 Å². The Balaban J connectivity index is 2.33. The summed E-state index contributed by atoms with van der Waals surface area (Å²) in [5.41, 5.74) is 4.19. The van der Waals surface area contributed by atoms with E-state index in [1.807, 2.05) is 0 Å². The van der Waals surface area contributed by atoms with E-state index in [9.17, 15) is 13.2 Å². The summed E-state index contributed by atoms with van der Waals surface area (Å²) in [6, 6.07) is 3.76. The molecule has 0 amide bonds. The van der Waals surface area contributed by atoms with Crippen molar-refractivity contribution >= 4 is 17.4 Å². The van der Waals surface area contributed by atoms with Crippen molar-refractivity contribution in [2.75, 3.05) is 5.73 Å². The van der Waals surface area contributed by atoms with Crippen LogP contribution in [0.5, 0.6) is 0 Å². The van der Waals surface area contributed by atoms with Crippen LogP contribution in [0.2, 0.25) is 0 Å². The first-order valence-corrected chi connectivity index (χ1v) is 5.68. The Bertz CT molecular complexity index is 564. The van der Waals surface area contributed by atoms with Gasteiger partial charge >= 0.3 is 6.18 Å². The summed E-state index contributed by atoms with van der Waals surface area (Å²) in [5.74, 6) is 0. The van der Waals surface area contributed by atoms with Crippen molar-refractivity contribution in [1.82, 2.24) is 14.8 Å². The molecule has 0 fully saturated rings. The number of nitrogens with two attached hydrogens (primary N) is 1. The maximum absolute atomic E-state index is 12.7. The van der Waals surface area contributed by atoms with Crippen molar-refractivity contribution in [3.05, 3.63) is 30.1 Å². The number of nitrogen functional groups attached to an aromatic ring is 1. The molecule has 0 saturated carbocycles. The van der Waals surface area contributed by atoms with Crippen molar-refractivity contribution in [2.24, 2.45) is 7.05 Å². The van der Waals surface area contributed by atoms with E-state index >= 15 is 0 Å². The van der Waals surface area contributed by atoms with Gasteiger partial charge in [-0.1, -0.05) is 11.8 Å². The molecule has 2 rings (SSSR count). The second-order valence-electron chi connectivity index (χ2n) is 3.52. The second-order valence-corrected chi connectivity index (χ2v) is 4.56. The van der Waals surface area contributed by atoms with Gasteiger partial charge in [-0.05, 0) is 18.2 Å². The Hall–Kier alpha value is -1.70. The maximum Gasteiger partial charge on any atom is 0.418 e. The van der Waals surface area contributed by atoms with Crippen LogP contribution in [-0.4, -0.2) is 14.8 Å². The molecule has 1 aromatic carbocycles. The molecule has 0 aliphatic rings. The molecule has 0 aliphatic carbocycles. The molecule has 0 atom stereocenters. The summed E-state index contributed by atoms with van der Waals surface area (Å²) in [4.78, 5) is 4.34. The smallest absolute Gasteiger partial charge is 0.398 e. The lowest BCUT2D eigenvalue weighted by Crippen LogP contribution is -2.08. The standard InChI is InChI=1S/C10H9F3N4S/c1-17-9(15-5-16-17)18-6-2-3-8(14)7(4-6)10(11,12)13/h2-5H,14H2,1H3. The largest absolute Gasteiger partial charge is 0.418 e. The fourth-order valence-corrected chi connectivity index (χ4v) is 2.13. The first kappa shape index (κ1) is 12.7. The third-order valence-corrected chi connectivity index (χ3v) is 3.25. The van der Waals surface area contributed by atoms with Gasteiger partial charge in [0.15, 0.2) is 5.16 Å². The molecule has 2 aromatic rings. The highest BCUT2D eigenvalue weighted by Crippen LogP contribution is 2.37. The van der Waals surface area contributed by atoms with Crippen LogP contribution in [0, 0.1) is 0 Å². The number of anilines is 1. The van der Waals surface area contributed by atoms with Gasteiger partial charge in [0.1, 0.15) is 6.33 Å². The van der Waals surface area contributed by atoms with Gasteiger partial charge < -0.3 is 5.73 Å². The van der Waals surface area contributed by atoms with Crippen molar-refractivity contribution < 1.29 is 13.2 Å². The summed E-state index contributed by atoms with van der Waals surface area (Å²) in [6.45, 7) is 0. The molecular formula is C10H9F3N4S. The molecule has 0 radical (unpaired) electrons. The van der Waals surface area contributed by atoms with Crippen molar-refractivity contribution in [2.45, 2.75) is 16.2 Å². The van der Waals surface area contributed by atoms with Gasteiger partial charge in [0, 0.05) is 17.6 Å². The van der Waals surface area contributed by atoms with E-state index in [2.05, 4.69) is 10.1 Å². The van der Waals surface area contributed by atoms with E-state index in [-0.39, 0.29) is 5.69 Å². The van der Waals surface area contributed by atoms with Crippen LogP contribution in [0.15, 0.2) is 34.6 Å². The third kappa shape index (κ3) is 2.58. The Morgan fingerprint density at radius 1 is 1.33 bits per heavy atom. The number of halogens is 3. The number of benzene rings is 1. The number of aryl methyl sites for hydroxylation is 1. The number of aromatic nitrogens is 3. The monoisotopic (exact) mass is 274 g/mol. The van der Waals surface area contributed by atoms with E-state index in [1.165, 1.54) is 23.1 Å². The molecular weight excluding hydrogens is 265 g/mol. The minimum absolute atomic E-state index is 0.287. The fraction of sp³-hybridized carbons (Fsp3) is 0.200. The van der Waals surface area contributed by atoms with Crippen molar-refractivity contribution in [3.63, 3.8) is 0 Å². The van der Waals surface area contributed by atoms with Crippen LogP contribution in [0.25, 0.3) is 0 Å². The lowest BCUT2D eigenvalue weighted by molar-refractivity contribution is -0.137.